The van der Waals surface area contributed by atoms with E-state index in [-0.39, 0.29) is 10.0 Å². The number of rotatable bonds is 5. The molecule has 114 valence electrons. The summed E-state index contributed by atoms with van der Waals surface area (Å²) in [5, 5.41) is 10.0. The SMILES string of the molecule is CNCc1c(S(=O)(=O)Nc2ccc(Cl)c(Cl)c2)n[nH]c1C. The van der Waals surface area contributed by atoms with Crippen LogP contribution in [0.5, 0.6) is 0 Å². The van der Waals surface area contributed by atoms with E-state index < -0.39 is 10.0 Å². The van der Waals surface area contributed by atoms with Gasteiger partial charge in [0.25, 0.3) is 10.0 Å². The van der Waals surface area contributed by atoms with Gasteiger partial charge in [0.05, 0.1) is 15.7 Å². The Balaban J connectivity index is 2.36. The van der Waals surface area contributed by atoms with Crippen LogP contribution in [0.3, 0.4) is 0 Å². The van der Waals surface area contributed by atoms with E-state index in [1.54, 1.807) is 14.0 Å². The second kappa shape index (κ2) is 6.23. The van der Waals surface area contributed by atoms with Crippen molar-refractivity contribution in [3.63, 3.8) is 0 Å². The highest BCUT2D eigenvalue weighted by molar-refractivity contribution is 7.92. The van der Waals surface area contributed by atoms with Crippen molar-refractivity contribution in [1.29, 1.82) is 0 Å². The van der Waals surface area contributed by atoms with E-state index in [2.05, 4.69) is 20.2 Å². The summed E-state index contributed by atoms with van der Waals surface area (Å²) in [4.78, 5) is 0. The van der Waals surface area contributed by atoms with E-state index in [0.717, 1.165) is 0 Å². The van der Waals surface area contributed by atoms with E-state index in [4.69, 9.17) is 23.2 Å². The van der Waals surface area contributed by atoms with Crippen LogP contribution in [0.2, 0.25) is 10.0 Å². The van der Waals surface area contributed by atoms with Crippen molar-refractivity contribution < 1.29 is 8.42 Å². The minimum Gasteiger partial charge on any atom is -0.316 e. The summed E-state index contributed by atoms with van der Waals surface area (Å²) in [6.45, 7) is 2.15. The second-order valence-electron chi connectivity index (χ2n) is 4.40. The molecule has 0 radical (unpaired) electrons. The molecule has 9 heteroatoms. The average Bonchev–Trinajstić information content (AvgIpc) is 2.77. The minimum atomic E-state index is -3.81. The van der Waals surface area contributed by atoms with Crippen LogP contribution in [0, 0.1) is 6.92 Å². The molecule has 21 heavy (non-hydrogen) atoms. The van der Waals surface area contributed by atoms with Gasteiger partial charge in [-0.25, -0.2) is 0 Å². The Morgan fingerprint density at radius 3 is 2.62 bits per heavy atom. The van der Waals surface area contributed by atoms with E-state index in [0.29, 0.717) is 28.5 Å². The zero-order chi connectivity index (χ0) is 15.6. The van der Waals surface area contributed by atoms with Crippen LogP contribution in [0.25, 0.3) is 0 Å². The quantitative estimate of drug-likeness (QED) is 0.774. The number of aromatic amines is 1. The van der Waals surface area contributed by atoms with Crippen molar-refractivity contribution >= 4 is 38.9 Å². The number of hydrogen-bond acceptors (Lipinski definition) is 4. The van der Waals surface area contributed by atoms with Crippen molar-refractivity contribution in [1.82, 2.24) is 15.5 Å². The lowest BCUT2D eigenvalue weighted by Crippen LogP contribution is -2.17. The third kappa shape index (κ3) is 3.49. The first-order chi connectivity index (χ1) is 9.85. The Bertz CT molecular complexity index is 759. The van der Waals surface area contributed by atoms with Gasteiger partial charge in [-0.05, 0) is 32.2 Å². The van der Waals surface area contributed by atoms with Crippen LogP contribution in [0.4, 0.5) is 5.69 Å². The van der Waals surface area contributed by atoms with Crippen molar-refractivity contribution in [3.05, 3.63) is 39.5 Å². The van der Waals surface area contributed by atoms with Gasteiger partial charge >= 0.3 is 0 Å². The lowest BCUT2D eigenvalue weighted by molar-refractivity contribution is 0.595. The van der Waals surface area contributed by atoms with Gasteiger partial charge in [-0.3, -0.25) is 9.82 Å². The molecule has 0 aliphatic carbocycles. The third-order valence-corrected chi connectivity index (χ3v) is 4.91. The molecule has 0 atom stereocenters. The molecule has 0 unspecified atom stereocenters. The zero-order valence-corrected chi connectivity index (χ0v) is 13.7. The number of H-pyrrole nitrogens is 1. The van der Waals surface area contributed by atoms with E-state index >= 15 is 0 Å². The van der Waals surface area contributed by atoms with Gasteiger partial charge in [0, 0.05) is 17.8 Å². The molecule has 0 spiro atoms. The molecule has 2 aromatic rings. The molecule has 0 aliphatic heterocycles. The minimum absolute atomic E-state index is 0.0413. The van der Waals surface area contributed by atoms with E-state index in [1.165, 1.54) is 18.2 Å². The Hall–Kier alpha value is -1.28. The van der Waals surface area contributed by atoms with Crippen molar-refractivity contribution in [2.75, 3.05) is 11.8 Å². The van der Waals surface area contributed by atoms with Crippen LogP contribution in [0.15, 0.2) is 23.2 Å². The molecule has 0 saturated heterocycles. The molecule has 0 bridgehead atoms. The number of sulfonamides is 1. The number of benzene rings is 1. The number of halogens is 2. The maximum atomic E-state index is 12.4. The zero-order valence-electron chi connectivity index (χ0n) is 11.4. The lowest BCUT2D eigenvalue weighted by Gasteiger charge is -2.09. The van der Waals surface area contributed by atoms with Crippen LogP contribution in [0.1, 0.15) is 11.3 Å². The van der Waals surface area contributed by atoms with Gasteiger partial charge in [-0.15, -0.1) is 0 Å². The third-order valence-electron chi connectivity index (χ3n) is 2.82. The van der Waals surface area contributed by atoms with Gasteiger partial charge in [0.1, 0.15) is 0 Å². The Morgan fingerprint density at radius 1 is 1.29 bits per heavy atom. The second-order valence-corrected chi connectivity index (χ2v) is 6.81. The molecule has 1 heterocycles. The fourth-order valence-electron chi connectivity index (χ4n) is 1.80. The summed E-state index contributed by atoms with van der Waals surface area (Å²) in [6.07, 6.45) is 0. The molecule has 0 fully saturated rings. The molecule has 0 saturated carbocycles. The van der Waals surface area contributed by atoms with Crippen LogP contribution < -0.4 is 10.0 Å². The summed E-state index contributed by atoms with van der Waals surface area (Å²) in [5.41, 5.74) is 1.60. The van der Waals surface area contributed by atoms with Crippen LogP contribution in [-0.4, -0.2) is 25.7 Å². The first-order valence-corrected chi connectivity index (χ1v) is 8.25. The summed E-state index contributed by atoms with van der Waals surface area (Å²) in [7, 11) is -2.08. The molecular weight excluding hydrogens is 335 g/mol. The summed E-state index contributed by atoms with van der Waals surface area (Å²) < 4.78 is 27.3. The molecule has 1 aromatic heterocycles. The summed E-state index contributed by atoms with van der Waals surface area (Å²) in [6, 6.07) is 4.49. The maximum absolute atomic E-state index is 12.4. The monoisotopic (exact) mass is 348 g/mol. The number of anilines is 1. The van der Waals surface area contributed by atoms with Crippen LogP contribution in [-0.2, 0) is 16.6 Å². The van der Waals surface area contributed by atoms with Crippen molar-refractivity contribution in [2.45, 2.75) is 18.5 Å². The first-order valence-electron chi connectivity index (χ1n) is 6.01. The fourth-order valence-corrected chi connectivity index (χ4v) is 3.35. The van der Waals surface area contributed by atoms with Gasteiger partial charge in [-0.2, -0.15) is 13.5 Å². The molecule has 0 aliphatic rings. The lowest BCUT2D eigenvalue weighted by atomic mass is 10.3. The van der Waals surface area contributed by atoms with Gasteiger partial charge in [0.15, 0.2) is 0 Å². The molecule has 1 aromatic carbocycles. The number of hydrogen-bond donors (Lipinski definition) is 3. The normalized spacial score (nSPS) is 11.6. The highest BCUT2D eigenvalue weighted by Crippen LogP contribution is 2.27. The topological polar surface area (TPSA) is 86.9 Å². The van der Waals surface area contributed by atoms with Gasteiger partial charge in [0.2, 0.25) is 5.03 Å². The predicted molar refractivity (Wildman–Crippen MR) is 83.4 cm³/mol. The van der Waals surface area contributed by atoms with Crippen molar-refractivity contribution in [3.8, 4) is 0 Å². The smallest absolute Gasteiger partial charge is 0.281 e. The molecule has 2 rings (SSSR count). The Morgan fingerprint density at radius 2 is 2.00 bits per heavy atom. The summed E-state index contributed by atoms with van der Waals surface area (Å²) in [5.74, 6) is 0. The Labute approximate surface area is 132 Å². The first kappa shape index (κ1) is 16.1. The van der Waals surface area contributed by atoms with Gasteiger partial charge < -0.3 is 5.32 Å². The molecule has 0 amide bonds. The fraction of sp³-hybridized carbons (Fsp3) is 0.250. The summed E-state index contributed by atoms with van der Waals surface area (Å²) >= 11 is 11.7. The Kier molecular flexibility index (Phi) is 4.77. The van der Waals surface area contributed by atoms with E-state index in [9.17, 15) is 8.42 Å². The number of aryl methyl sites for hydroxylation is 1. The maximum Gasteiger partial charge on any atom is 0.281 e. The molecule has 6 nitrogen and oxygen atoms in total. The van der Waals surface area contributed by atoms with Crippen LogP contribution >= 0.6 is 23.2 Å². The number of aromatic nitrogens is 2. The van der Waals surface area contributed by atoms with E-state index in [1.807, 2.05) is 0 Å². The predicted octanol–water partition coefficient (Wildman–Crippen LogP) is 2.55. The highest BCUT2D eigenvalue weighted by Gasteiger charge is 2.23. The highest BCUT2D eigenvalue weighted by atomic mass is 35.5. The average molecular weight is 349 g/mol. The molecule has 3 N–H and O–H groups in total. The molecular formula is C12H14Cl2N4O2S. The number of nitrogens with zero attached hydrogens (tertiary/aromatic N) is 1. The largest absolute Gasteiger partial charge is 0.316 e. The van der Waals surface area contributed by atoms with Gasteiger partial charge in [-0.1, -0.05) is 23.2 Å². The van der Waals surface area contributed by atoms with Crippen molar-refractivity contribution in [2.24, 2.45) is 0 Å². The number of nitrogens with one attached hydrogen (secondary N) is 3. The standard InChI is InChI=1S/C12H14Cl2N4O2S/c1-7-9(6-15-2)12(17-16-7)21(19,20)18-8-3-4-10(13)11(14)5-8/h3-5,15,18H,6H2,1-2H3,(H,16,17).